The summed E-state index contributed by atoms with van der Waals surface area (Å²) in [6, 6.07) is 11.7. The van der Waals surface area contributed by atoms with Crippen LogP contribution >= 0.6 is 0 Å². The second kappa shape index (κ2) is 4.35. The second-order valence-electron chi connectivity index (χ2n) is 3.65. The van der Waals surface area contributed by atoms with Crippen molar-refractivity contribution >= 4 is 16.6 Å². The van der Waals surface area contributed by atoms with Crippen LogP contribution in [-0.2, 0) is 0 Å². The van der Waals surface area contributed by atoms with Gasteiger partial charge >= 0.3 is 0 Å². The van der Waals surface area contributed by atoms with Gasteiger partial charge in [-0.3, -0.25) is 4.79 Å². The van der Waals surface area contributed by atoms with E-state index in [1.54, 1.807) is 6.92 Å². The van der Waals surface area contributed by atoms with Crippen molar-refractivity contribution in [3.05, 3.63) is 42.0 Å². The van der Waals surface area contributed by atoms with Crippen molar-refractivity contribution in [3.63, 3.8) is 0 Å². The Morgan fingerprint density at radius 1 is 1.19 bits per heavy atom. The van der Waals surface area contributed by atoms with E-state index in [1.807, 2.05) is 43.3 Å². The van der Waals surface area contributed by atoms with Gasteiger partial charge in [0.2, 0.25) is 0 Å². The van der Waals surface area contributed by atoms with Crippen molar-refractivity contribution in [1.82, 2.24) is 0 Å². The number of hydrogen-bond donors (Lipinski definition) is 0. The molecule has 0 bridgehead atoms. The highest BCUT2D eigenvalue weighted by Gasteiger charge is 2.11. The van der Waals surface area contributed by atoms with Crippen molar-refractivity contribution in [2.24, 2.45) is 0 Å². The Labute approximate surface area is 94.8 Å². The quantitative estimate of drug-likeness (QED) is 0.731. The molecule has 2 aromatic rings. The first-order valence-electron chi connectivity index (χ1n) is 5.39. The maximum atomic E-state index is 11.5. The fraction of sp³-hybridized carbons (Fsp3) is 0.214. The van der Waals surface area contributed by atoms with Crippen LogP contribution < -0.4 is 4.74 Å². The number of hydrogen-bond acceptors (Lipinski definition) is 2. The van der Waals surface area contributed by atoms with Crippen molar-refractivity contribution in [2.75, 3.05) is 6.61 Å². The molecule has 0 aromatic heterocycles. The summed E-state index contributed by atoms with van der Waals surface area (Å²) in [5, 5.41) is 2.09. The molecule has 0 amide bonds. The second-order valence-corrected chi connectivity index (χ2v) is 3.65. The Kier molecular flexibility index (Phi) is 2.91. The fourth-order valence-electron chi connectivity index (χ4n) is 1.82. The number of ether oxygens (including phenoxy) is 1. The van der Waals surface area contributed by atoms with E-state index in [-0.39, 0.29) is 5.78 Å². The van der Waals surface area contributed by atoms with Gasteiger partial charge in [-0.1, -0.05) is 30.3 Å². The van der Waals surface area contributed by atoms with Crippen LogP contribution in [-0.4, -0.2) is 12.4 Å². The molecule has 0 saturated heterocycles. The minimum atomic E-state index is 0.0363. The molecule has 2 aromatic carbocycles. The van der Waals surface area contributed by atoms with Crippen molar-refractivity contribution in [2.45, 2.75) is 13.8 Å². The Morgan fingerprint density at radius 3 is 2.62 bits per heavy atom. The number of benzene rings is 2. The summed E-state index contributed by atoms with van der Waals surface area (Å²) < 4.78 is 5.59. The van der Waals surface area contributed by atoms with Crippen molar-refractivity contribution in [3.8, 4) is 5.75 Å². The molecule has 0 unspecified atom stereocenters. The standard InChI is InChI=1S/C14H14O2/c1-3-16-14-12(10(2)15)9-8-11-6-4-5-7-13(11)14/h4-9H,3H2,1-2H3. The van der Waals surface area contributed by atoms with Gasteiger partial charge in [-0.15, -0.1) is 0 Å². The summed E-state index contributed by atoms with van der Waals surface area (Å²) >= 11 is 0. The fourth-order valence-corrected chi connectivity index (χ4v) is 1.82. The molecular formula is C14H14O2. The molecule has 0 atom stereocenters. The molecule has 0 saturated carbocycles. The van der Waals surface area contributed by atoms with Gasteiger partial charge in [0.25, 0.3) is 0 Å². The molecule has 0 aliphatic carbocycles. The van der Waals surface area contributed by atoms with E-state index in [2.05, 4.69) is 0 Å². The van der Waals surface area contributed by atoms with Crippen LogP contribution in [0.25, 0.3) is 10.8 Å². The van der Waals surface area contributed by atoms with E-state index < -0.39 is 0 Å². The summed E-state index contributed by atoms with van der Waals surface area (Å²) in [4.78, 5) is 11.5. The first-order chi connectivity index (χ1) is 7.74. The molecule has 0 fully saturated rings. The van der Waals surface area contributed by atoms with E-state index in [0.29, 0.717) is 17.9 Å². The van der Waals surface area contributed by atoms with Gasteiger partial charge < -0.3 is 4.74 Å². The van der Waals surface area contributed by atoms with Crippen molar-refractivity contribution in [1.29, 1.82) is 0 Å². The lowest BCUT2D eigenvalue weighted by Gasteiger charge is -2.11. The van der Waals surface area contributed by atoms with E-state index in [4.69, 9.17) is 4.74 Å². The third-order valence-corrected chi connectivity index (χ3v) is 2.55. The number of carbonyl (C=O) groups excluding carboxylic acids is 1. The lowest BCUT2D eigenvalue weighted by molar-refractivity contribution is 0.101. The summed E-state index contributed by atoms with van der Waals surface area (Å²) in [5.41, 5.74) is 0.653. The summed E-state index contributed by atoms with van der Waals surface area (Å²) in [6.07, 6.45) is 0. The smallest absolute Gasteiger partial charge is 0.163 e. The molecule has 0 heterocycles. The number of rotatable bonds is 3. The first-order valence-corrected chi connectivity index (χ1v) is 5.39. The highest BCUT2D eigenvalue weighted by Crippen LogP contribution is 2.30. The average Bonchev–Trinajstić information content (AvgIpc) is 2.29. The van der Waals surface area contributed by atoms with Crippen LogP contribution in [0.4, 0.5) is 0 Å². The molecule has 82 valence electrons. The zero-order valence-electron chi connectivity index (χ0n) is 9.49. The summed E-state index contributed by atoms with van der Waals surface area (Å²) in [7, 11) is 0. The monoisotopic (exact) mass is 214 g/mol. The zero-order chi connectivity index (χ0) is 11.5. The van der Waals surface area contributed by atoms with Crippen LogP contribution in [0, 0.1) is 0 Å². The molecule has 2 heteroatoms. The Balaban J connectivity index is 2.73. The van der Waals surface area contributed by atoms with Gasteiger partial charge in [-0.05, 0) is 25.3 Å². The largest absolute Gasteiger partial charge is 0.492 e. The number of Topliss-reactive ketones (excluding diaryl/α,β-unsaturated/α-hetero) is 1. The molecule has 0 aliphatic heterocycles. The number of fused-ring (bicyclic) bond motifs is 1. The van der Waals surface area contributed by atoms with Gasteiger partial charge in [0, 0.05) is 5.39 Å². The molecule has 2 nitrogen and oxygen atoms in total. The SMILES string of the molecule is CCOc1c(C(C)=O)ccc2ccccc12. The van der Waals surface area contributed by atoms with Crippen LogP contribution in [0.5, 0.6) is 5.75 Å². The minimum absolute atomic E-state index is 0.0363. The summed E-state index contributed by atoms with van der Waals surface area (Å²) in [6.45, 7) is 4.05. The van der Waals surface area contributed by atoms with E-state index in [9.17, 15) is 4.79 Å². The molecule has 16 heavy (non-hydrogen) atoms. The van der Waals surface area contributed by atoms with Gasteiger partial charge in [-0.2, -0.15) is 0 Å². The molecule has 2 rings (SSSR count). The lowest BCUT2D eigenvalue weighted by Crippen LogP contribution is -2.01. The predicted molar refractivity (Wildman–Crippen MR) is 65.1 cm³/mol. The third kappa shape index (κ3) is 1.78. The van der Waals surface area contributed by atoms with Crippen LogP contribution in [0.15, 0.2) is 36.4 Å². The molecule has 0 spiro atoms. The predicted octanol–water partition coefficient (Wildman–Crippen LogP) is 3.44. The van der Waals surface area contributed by atoms with E-state index in [0.717, 1.165) is 10.8 Å². The summed E-state index contributed by atoms with van der Waals surface area (Å²) in [5.74, 6) is 0.738. The molecular weight excluding hydrogens is 200 g/mol. The highest BCUT2D eigenvalue weighted by atomic mass is 16.5. The number of carbonyl (C=O) groups is 1. The topological polar surface area (TPSA) is 26.3 Å². The third-order valence-electron chi connectivity index (χ3n) is 2.55. The van der Waals surface area contributed by atoms with E-state index in [1.165, 1.54) is 0 Å². The Bertz CT molecular complexity index is 529. The average molecular weight is 214 g/mol. The van der Waals surface area contributed by atoms with Gasteiger partial charge in [0.15, 0.2) is 5.78 Å². The normalized spacial score (nSPS) is 10.4. The van der Waals surface area contributed by atoms with Crippen LogP contribution in [0.1, 0.15) is 24.2 Å². The maximum absolute atomic E-state index is 11.5. The lowest BCUT2D eigenvalue weighted by atomic mass is 10.0. The Morgan fingerprint density at radius 2 is 1.94 bits per heavy atom. The van der Waals surface area contributed by atoms with Crippen LogP contribution in [0.3, 0.4) is 0 Å². The van der Waals surface area contributed by atoms with Gasteiger partial charge in [-0.25, -0.2) is 0 Å². The molecule has 0 aliphatic rings. The highest BCUT2D eigenvalue weighted by molar-refractivity contribution is 6.03. The van der Waals surface area contributed by atoms with Crippen LogP contribution in [0.2, 0.25) is 0 Å². The maximum Gasteiger partial charge on any atom is 0.163 e. The molecule has 0 N–H and O–H groups in total. The Hall–Kier alpha value is -1.83. The van der Waals surface area contributed by atoms with Gasteiger partial charge in [0.1, 0.15) is 5.75 Å². The number of ketones is 1. The molecule has 0 radical (unpaired) electrons. The zero-order valence-corrected chi connectivity index (χ0v) is 9.49. The van der Waals surface area contributed by atoms with Crippen molar-refractivity contribution < 1.29 is 9.53 Å². The first kappa shape index (κ1) is 10.7. The van der Waals surface area contributed by atoms with Gasteiger partial charge in [0.05, 0.1) is 12.2 Å². The minimum Gasteiger partial charge on any atom is -0.492 e. The van der Waals surface area contributed by atoms with E-state index >= 15 is 0 Å².